The van der Waals surface area contributed by atoms with Gasteiger partial charge >= 0.3 is 0 Å². The average molecular weight is 290 g/mol. The van der Waals surface area contributed by atoms with Gasteiger partial charge in [0.1, 0.15) is 0 Å². The molecule has 106 valence electrons. The molecule has 20 heavy (non-hydrogen) atoms. The average Bonchev–Trinajstić information content (AvgIpc) is 2.35. The summed E-state index contributed by atoms with van der Waals surface area (Å²) in [5.74, 6) is 0. The largest absolute Gasteiger partial charge is 0.399 e. The maximum atomic E-state index is 12.2. The van der Waals surface area contributed by atoms with Crippen molar-refractivity contribution in [2.24, 2.45) is 0 Å². The molecule has 0 saturated heterocycles. The monoisotopic (exact) mass is 290 g/mol. The molecular formula is C15H18N2O2S. The van der Waals surface area contributed by atoms with E-state index in [-0.39, 0.29) is 11.4 Å². The molecule has 0 aromatic heterocycles. The van der Waals surface area contributed by atoms with Crippen molar-refractivity contribution < 1.29 is 8.42 Å². The van der Waals surface area contributed by atoms with E-state index in [1.807, 2.05) is 38.1 Å². The summed E-state index contributed by atoms with van der Waals surface area (Å²) < 4.78 is 27.0. The summed E-state index contributed by atoms with van der Waals surface area (Å²) >= 11 is 0. The third-order valence-electron chi connectivity index (χ3n) is 2.93. The van der Waals surface area contributed by atoms with Crippen molar-refractivity contribution in [3.05, 3.63) is 59.2 Å². The lowest BCUT2D eigenvalue weighted by atomic mass is 10.1. The number of benzene rings is 2. The summed E-state index contributed by atoms with van der Waals surface area (Å²) in [7, 11) is -3.55. The second kappa shape index (κ2) is 5.64. The number of nitrogens with two attached hydrogens (primary N) is 1. The van der Waals surface area contributed by atoms with Gasteiger partial charge in [0.05, 0.1) is 4.90 Å². The molecule has 2 rings (SSSR count). The predicted molar refractivity (Wildman–Crippen MR) is 80.8 cm³/mol. The van der Waals surface area contributed by atoms with Crippen LogP contribution in [0, 0.1) is 13.8 Å². The van der Waals surface area contributed by atoms with Crippen molar-refractivity contribution in [2.75, 3.05) is 5.73 Å². The number of nitrogens with one attached hydrogen (secondary N) is 1. The predicted octanol–water partition coefficient (Wildman–Crippen LogP) is 2.36. The van der Waals surface area contributed by atoms with E-state index >= 15 is 0 Å². The Morgan fingerprint density at radius 2 is 1.80 bits per heavy atom. The highest BCUT2D eigenvalue weighted by atomic mass is 32.2. The number of hydrogen-bond acceptors (Lipinski definition) is 3. The van der Waals surface area contributed by atoms with E-state index in [1.54, 1.807) is 12.1 Å². The third-order valence-corrected chi connectivity index (χ3v) is 4.31. The SMILES string of the molecule is Cc1cccc(CNS(=O)(=O)c2cc(C)cc(N)c2)c1. The minimum atomic E-state index is -3.55. The number of anilines is 1. The van der Waals surface area contributed by atoms with Gasteiger partial charge in [-0.3, -0.25) is 0 Å². The molecule has 0 spiro atoms. The van der Waals surface area contributed by atoms with Crippen LogP contribution in [0.25, 0.3) is 0 Å². The number of sulfonamides is 1. The Hall–Kier alpha value is -1.85. The van der Waals surface area contributed by atoms with Gasteiger partial charge in [0.15, 0.2) is 0 Å². The van der Waals surface area contributed by atoms with Crippen molar-refractivity contribution in [1.29, 1.82) is 0 Å². The fourth-order valence-corrected chi connectivity index (χ4v) is 3.17. The number of nitrogen functional groups attached to an aromatic ring is 1. The van der Waals surface area contributed by atoms with Crippen LogP contribution in [0.3, 0.4) is 0 Å². The lowest BCUT2D eigenvalue weighted by Crippen LogP contribution is -2.23. The first-order chi connectivity index (χ1) is 9.37. The van der Waals surface area contributed by atoms with Gasteiger partial charge in [-0.1, -0.05) is 29.8 Å². The van der Waals surface area contributed by atoms with Crippen molar-refractivity contribution in [1.82, 2.24) is 4.72 Å². The molecule has 4 nitrogen and oxygen atoms in total. The van der Waals surface area contributed by atoms with Gasteiger partial charge in [-0.25, -0.2) is 13.1 Å². The lowest BCUT2D eigenvalue weighted by Gasteiger charge is -2.09. The Bertz CT molecular complexity index is 704. The second-order valence-electron chi connectivity index (χ2n) is 4.89. The zero-order chi connectivity index (χ0) is 14.8. The normalized spacial score (nSPS) is 11.5. The molecule has 3 N–H and O–H groups in total. The zero-order valence-electron chi connectivity index (χ0n) is 11.6. The van der Waals surface area contributed by atoms with Crippen LogP contribution < -0.4 is 10.5 Å². The Labute approximate surface area is 119 Å². The van der Waals surface area contributed by atoms with Gasteiger partial charge in [-0.15, -0.1) is 0 Å². The highest BCUT2D eigenvalue weighted by Crippen LogP contribution is 2.16. The number of rotatable bonds is 4. The van der Waals surface area contributed by atoms with Crippen LogP contribution in [0.15, 0.2) is 47.4 Å². The molecular weight excluding hydrogens is 272 g/mol. The summed E-state index contributed by atoms with van der Waals surface area (Å²) in [6.45, 7) is 4.05. The molecule has 0 heterocycles. The molecule has 0 aliphatic heterocycles. The quantitative estimate of drug-likeness (QED) is 0.849. The zero-order valence-corrected chi connectivity index (χ0v) is 12.4. The van der Waals surface area contributed by atoms with Gasteiger partial charge in [0.2, 0.25) is 10.0 Å². The first-order valence-electron chi connectivity index (χ1n) is 6.29. The standard InChI is InChI=1S/C15H18N2O2S/c1-11-4-3-5-13(6-11)10-17-20(18,19)15-8-12(2)7-14(16)9-15/h3-9,17H,10,16H2,1-2H3. The third kappa shape index (κ3) is 3.59. The molecule has 2 aromatic rings. The summed E-state index contributed by atoms with van der Waals surface area (Å²) in [6, 6.07) is 12.5. The van der Waals surface area contributed by atoms with E-state index in [9.17, 15) is 8.42 Å². The van der Waals surface area contributed by atoms with Crippen LogP contribution in [0.5, 0.6) is 0 Å². The van der Waals surface area contributed by atoms with Gasteiger partial charge in [-0.2, -0.15) is 0 Å². The Balaban J connectivity index is 2.19. The molecule has 0 atom stereocenters. The summed E-state index contributed by atoms with van der Waals surface area (Å²) in [5.41, 5.74) is 8.98. The lowest BCUT2D eigenvalue weighted by molar-refractivity contribution is 0.581. The molecule has 0 saturated carbocycles. The van der Waals surface area contributed by atoms with E-state index < -0.39 is 10.0 Å². The van der Waals surface area contributed by atoms with Crippen LogP contribution >= 0.6 is 0 Å². The van der Waals surface area contributed by atoms with Crippen molar-refractivity contribution in [2.45, 2.75) is 25.3 Å². The van der Waals surface area contributed by atoms with Gasteiger partial charge in [-0.05, 0) is 43.2 Å². The number of hydrogen-bond donors (Lipinski definition) is 2. The minimum Gasteiger partial charge on any atom is -0.399 e. The van der Waals surface area contributed by atoms with Gasteiger partial charge < -0.3 is 5.73 Å². The second-order valence-corrected chi connectivity index (χ2v) is 6.66. The maximum absolute atomic E-state index is 12.2. The van der Waals surface area contributed by atoms with Gasteiger partial charge in [0, 0.05) is 12.2 Å². The van der Waals surface area contributed by atoms with Crippen molar-refractivity contribution in [3.8, 4) is 0 Å². The summed E-state index contributed by atoms with van der Waals surface area (Å²) in [6.07, 6.45) is 0. The van der Waals surface area contributed by atoms with Crippen LogP contribution in [-0.4, -0.2) is 8.42 Å². The molecule has 0 radical (unpaired) electrons. The first-order valence-corrected chi connectivity index (χ1v) is 7.77. The number of aryl methyl sites for hydroxylation is 2. The minimum absolute atomic E-state index is 0.197. The van der Waals surface area contributed by atoms with E-state index in [0.717, 1.165) is 16.7 Å². The first kappa shape index (κ1) is 14.6. The highest BCUT2D eigenvalue weighted by molar-refractivity contribution is 7.89. The fraction of sp³-hybridized carbons (Fsp3) is 0.200. The molecule has 5 heteroatoms. The van der Waals surface area contributed by atoms with E-state index in [1.165, 1.54) is 6.07 Å². The van der Waals surface area contributed by atoms with Crippen molar-refractivity contribution >= 4 is 15.7 Å². The van der Waals surface area contributed by atoms with Crippen LogP contribution in [0.1, 0.15) is 16.7 Å². The fourth-order valence-electron chi connectivity index (χ4n) is 2.02. The molecule has 2 aromatic carbocycles. The van der Waals surface area contributed by atoms with Gasteiger partial charge in [0.25, 0.3) is 0 Å². The molecule has 0 unspecified atom stereocenters. The topological polar surface area (TPSA) is 72.2 Å². The van der Waals surface area contributed by atoms with Crippen LogP contribution in [0.4, 0.5) is 5.69 Å². The Morgan fingerprint density at radius 1 is 1.05 bits per heavy atom. The van der Waals surface area contributed by atoms with Crippen LogP contribution in [-0.2, 0) is 16.6 Å². The maximum Gasteiger partial charge on any atom is 0.240 e. The Morgan fingerprint density at radius 3 is 2.45 bits per heavy atom. The highest BCUT2D eigenvalue weighted by Gasteiger charge is 2.14. The summed E-state index contributed by atoms with van der Waals surface area (Å²) in [5, 5.41) is 0. The molecule has 0 bridgehead atoms. The van der Waals surface area contributed by atoms with E-state index in [4.69, 9.17) is 5.73 Å². The molecule has 0 aliphatic rings. The van der Waals surface area contributed by atoms with E-state index in [2.05, 4.69) is 4.72 Å². The Kier molecular flexibility index (Phi) is 4.11. The summed E-state index contributed by atoms with van der Waals surface area (Å²) in [4.78, 5) is 0.197. The molecule has 0 fully saturated rings. The van der Waals surface area contributed by atoms with E-state index in [0.29, 0.717) is 5.69 Å². The van der Waals surface area contributed by atoms with Crippen molar-refractivity contribution in [3.63, 3.8) is 0 Å². The smallest absolute Gasteiger partial charge is 0.240 e. The molecule has 0 amide bonds. The molecule has 0 aliphatic carbocycles. The van der Waals surface area contributed by atoms with Crippen LogP contribution in [0.2, 0.25) is 0 Å².